The highest BCUT2D eigenvalue weighted by Crippen LogP contribution is 2.01. The molecule has 17 heavy (non-hydrogen) atoms. The number of aryl methyl sites for hydroxylation is 1. The lowest BCUT2D eigenvalue weighted by Gasteiger charge is -2.08. The molecule has 2 N–H and O–H groups in total. The van der Waals surface area contributed by atoms with Crippen LogP contribution in [-0.2, 0) is 17.9 Å². The zero-order valence-electron chi connectivity index (χ0n) is 10.7. The molecule has 0 atom stereocenters. The van der Waals surface area contributed by atoms with Gasteiger partial charge in [0.15, 0.2) is 0 Å². The van der Waals surface area contributed by atoms with E-state index in [0.29, 0.717) is 6.42 Å². The maximum Gasteiger partial charge on any atom is 0.219 e. The van der Waals surface area contributed by atoms with E-state index in [0.717, 1.165) is 38.3 Å². The molecule has 0 saturated heterocycles. The van der Waals surface area contributed by atoms with Gasteiger partial charge in [0.2, 0.25) is 5.91 Å². The number of aromatic nitrogens is 2. The smallest absolute Gasteiger partial charge is 0.219 e. The minimum Gasteiger partial charge on any atom is -0.359 e. The third-order valence-corrected chi connectivity index (χ3v) is 2.59. The van der Waals surface area contributed by atoms with E-state index in [9.17, 15) is 4.79 Å². The van der Waals surface area contributed by atoms with E-state index in [1.165, 1.54) is 0 Å². The van der Waals surface area contributed by atoms with Gasteiger partial charge in [-0.05, 0) is 19.4 Å². The minimum absolute atomic E-state index is 0.0933. The summed E-state index contributed by atoms with van der Waals surface area (Å²) in [6, 6.07) is 0. The molecule has 0 aliphatic heterocycles. The van der Waals surface area contributed by atoms with Crippen LogP contribution < -0.4 is 10.6 Å². The maximum atomic E-state index is 11.1. The average Bonchev–Trinajstić information content (AvgIpc) is 2.77. The van der Waals surface area contributed by atoms with Gasteiger partial charge in [-0.3, -0.25) is 4.79 Å². The predicted octanol–water partition coefficient (Wildman–Crippen LogP) is 0.909. The zero-order valence-corrected chi connectivity index (χ0v) is 10.7. The molecule has 0 bridgehead atoms. The topological polar surface area (TPSA) is 59.0 Å². The lowest BCUT2D eigenvalue weighted by molar-refractivity contribution is -0.120. The molecule has 1 amide bonds. The minimum atomic E-state index is 0.0933. The lowest BCUT2D eigenvalue weighted by atomic mass is 10.3. The molecule has 1 aromatic rings. The van der Waals surface area contributed by atoms with Gasteiger partial charge in [0.05, 0.1) is 6.54 Å². The van der Waals surface area contributed by atoms with E-state index >= 15 is 0 Å². The van der Waals surface area contributed by atoms with Crippen molar-refractivity contribution in [3.63, 3.8) is 0 Å². The number of carbonyl (C=O) groups is 1. The fourth-order valence-electron chi connectivity index (χ4n) is 1.62. The fourth-order valence-corrected chi connectivity index (χ4v) is 1.62. The molecule has 0 fully saturated rings. The Kier molecular flexibility index (Phi) is 6.32. The first-order chi connectivity index (χ1) is 8.27. The largest absolute Gasteiger partial charge is 0.359 e. The summed E-state index contributed by atoms with van der Waals surface area (Å²) in [6.45, 7) is 4.78. The van der Waals surface area contributed by atoms with Crippen molar-refractivity contribution in [1.82, 2.24) is 20.2 Å². The van der Waals surface area contributed by atoms with Gasteiger partial charge in [-0.15, -0.1) is 0 Å². The molecule has 0 aliphatic carbocycles. The number of nitrogens with zero attached hydrogens (tertiary/aromatic N) is 2. The molecule has 0 spiro atoms. The van der Waals surface area contributed by atoms with Crippen LogP contribution in [0.5, 0.6) is 0 Å². The second kappa shape index (κ2) is 7.84. The van der Waals surface area contributed by atoms with Crippen molar-refractivity contribution in [3.8, 4) is 0 Å². The number of nitrogens with one attached hydrogen (secondary N) is 2. The van der Waals surface area contributed by atoms with Crippen LogP contribution in [0.15, 0.2) is 12.4 Å². The van der Waals surface area contributed by atoms with Crippen LogP contribution in [0, 0.1) is 0 Å². The summed E-state index contributed by atoms with van der Waals surface area (Å²) in [6.07, 6.45) is 6.31. The second-order valence-electron chi connectivity index (χ2n) is 3.99. The molecule has 0 aromatic carbocycles. The predicted molar refractivity (Wildman–Crippen MR) is 67.5 cm³/mol. The van der Waals surface area contributed by atoms with Crippen LogP contribution in [0.1, 0.15) is 32.0 Å². The van der Waals surface area contributed by atoms with Crippen molar-refractivity contribution in [1.29, 1.82) is 0 Å². The van der Waals surface area contributed by atoms with Crippen LogP contribution >= 0.6 is 0 Å². The Hall–Kier alpha value is -1.36. The Labute approximate surface area is 103 Å². The van der Waals surface area contributed by atoms with E-state index in [-0.39, 0.29) is 5.91 Å². The van der Waals surface area contributed by atoms with Gasteiger partial charge in [-0.25, -0.2) is 4.98 Å². The van der Waals surface area contributed by atoms with Crippen LogP contribution in [0.25, 0.3) is 0 Å². The molecular weight excluding hydrogens is 216 g/mol. The van der Waals surface area contributed by atoms with E-state index in [1.54, 1.807) is 7.05 Å². The molecule has 0 unspecified atom stereocenters. The van der Waals surface area contributed by atoms with Crippen molar-refractivity contribution in [3.05, 3.63) is 18.2 Å². The van der Waals surface area contributed by atoms with Crippen LogP contribution in [-0.4, -0.2) is 29.1 Å². The first kappa shape index (κ1) is 13.7. The first-order valence-corrected chi connectivity index (χ1v) is 6.19. The number of rotatable bonds is 8. The molecule has 1 rings (SSSR count). The second-order valence-corrected chi connectivity index (χ2v) is 3.99. The van der Waals surface area contributed by atoms with Gasteiger partial charge < -0.3 is 15.2 Å². The monoisotopic (exact) mass is 238 g/mol. The summed E-state index contributed by atoms with van der Waals surface area (Å²) >= 11 is 0. The van der Waals surface area contributed by atoms with E-state index in [2.05, 4.69) is 27.1 Å². The summed E-state index contributed by atoms with van der Waals surface area (Å²) < 4.78 is 2.10. The highest BCUT2D eigenvalue weighted by molar-refractivity contribution is 5.75. The Bertz CT molecular complexity index is 335. The third-order valence-electron chi connectivity index (χ3n) is 2.59. The first-order valence-electron chi connectivity index (χ1n) is 6.19. The summed E-state index contributed by atoms with van der Waals surface area (Å²) in [5.74, 6) is 1.13. The van der Waals surface area contributed by atoms with Crippen molar-refractivity contribution >= 4 is 5.91 Å². The van der Waals surface area contributed by atoms with Gasteiger partial charge in [0.25, 0.3) is 0 Å². The molecule has 5 heteroatoms. The van der Waals surface area contributed by atoms with Crippen molar-refractivity contribution in [2.45, 2.75) is 39.3 Å². The SMILES string of the molecule is CCCNCc1nccn1CCCC(=O)NC. The Morgan fingerprint density at radius 1 is 1.53 bits per heavy atom. The van der Waals surface area contributed by atoms with Crippen molar-refractivity contribution in [2.24, 2.45) is 0 Å². The summed E-state index contributed by atoms with van der Waals surface area (Å²) in [5.41, 5.74) is 0. The van der Waals surface area contributed by atoms with Gasteiger partial charge in [0, 0.05) is 32.4 Å². The van der Waals surface area contributed by atoms with Gasteiger partial charge >= 0.3 is 0 Å². The summed E-state index contributed by atoms with van der Waals surface area (Å²) in [5, 5.41) is 5.95. The Morgan fingerprint density at radius 2 is 2.35 bits per heavy atom. The molecule has 0 aliphatic rings. The average molecular weight is 238 g/mol. The fraction of sp³-hybridized carbons (Fsp3) is 0.667. The van der Waals surface area contributed by atoms with Crippen molar-refractivity contribution in [2.75, 3.05) is 13.6 Å². The van der Waals surface area contributed by atoms with Crippen molar-refractivity contribution < 1.29 is 4.79 Å². The van der Waals surface area contributed by atoms with E-state index in [1.807, 2.05) is 12.4 Å². The number of carbonyl (C=O) groups excluding carboxylic acids is 1. The normalized spacial score (nSPS) is 10.5. The highest BCUT2D eigenvalue weighted by atomic mass is 16.1. The maximum absolute atomic E-state index is 11.1. The van der Waals surface area contributed by atoms with Gasteiger partial charge in [-0.1, -0.05) is 6.92 Å². The molecule has 1 heterocycles. The van der Waals surface area contributed by atoms with E-state index in [4.69, 9.17) is 0 Å². The standard InChI is InChI=1S/C12H22N4O/c1-3-6-14-10-11-15-7-9-16(11)8-4-5-12(17)13-2/h7,9,14H,3-6,8,10H2,1-2H3,(H,13,17). The molecule has 0 saturated carbocycles. The highest BCUT2D eigenvalue weighted by Gasteiger charge is 2.03. The number of hydrogen-bond acceptors (Lipinski definition) is 3. The summed E-state index contributed by atoms with van der Waals surface area (Å²) in [4.78, 5) is 15.4. The Balaban J connectivity index is 2.32. The van der Waals surface area contributed by atoms with Crippen LogP contribution in [0.3, 0.4) is 0 Å². The van der Waals surface area contributed by atoms with Crippen LogP contribution in [0.2, 0.25) is 0 Å². The Morgan fingerprint density at radius 3 is 3.06 bits per heavy atom. The third kappa shape index (κ3) is 4.99. The molecular formula is C12H22N4O. The lowest BCUT2D eigenvalue weighted by Crippen LogP contribution is -2.19. The molecule has 96 valence electrons. The van der Waals surface area contributed by atoms with Crippen LogP contribution in [0.4, 0.5) is 0 Å². The molecule has 0 radical (unpaired) electrons. The molecule has 1 aromatic heterocycles. The number of imidazole rings is 1. The number of hydrogen-bond donors (Lipinski definition) is 2. The van der Waals surface area contributed by atoms with Gasteiger partial charge in [-0.2, -0.15) is 0 Å². The molecule has 5 nitrogen and oxygen atoms in total. The van der Waals surface area contributed by atoms with E-state index < -0.39 is 0 Å². The summed E-state index contributed by atoms with van der Waals surface area (Å²) in [7, 11) is 1.67. The quantitative estimate of drug-likeness (QED) is 0.662. The zero-order chi connectivity index (χ0) is 12.5. The number of amides is 1. The van der Waals surface area contributed by atoms with Gasteiger partial charge in [0.1, 0.15) is 5.82 Å².